The molecule has 3 nitrogen and oxygen atoms in total. The van der Waals surface area contributed by atoms with Crippen LogP contribution in [0.25, 0.3) is 0 Å². The monoisotopic (exact) mass is 273 g/mol. The maximum Gasteiger partial charge on any atom is 0.278 e. The molecule has 1 aromatic rings. The number of nitrogens with zero attached hydrogens (tertiary/aromatic N) is 1. The Hall–Kier alpha value is -0.200. The molecule has 0 saturated carbocycles. The third kappa shape index (κ3) is 2.15. The summed E-state index contributed by atoms with van der Waals surface area (Å²) in [6, 6.07) is 1.95. The molecule has 12 heavy (non-hydrogen) atoms. The van der Waals surface area contributed by atoms with Gasteiger partial charge in [0.05, 0.1) is 0 Å². The standard InChI is InChI=1S/C5H2BrClFNO2S/c6-5-3(8)1-2-4(9-5)12(7,10)11/h1-2H. The second-order valence-electron chi connectivity index (χ2n) is 1.86. The van der Waals surface area contributed by atoms with Crippen LogP contribution in [0.2, 0.25) is 0 Å². The lowest BCUT2D eigenvalue weighted by Gasteiger charge is -1.96. The SMILES string of the molecule is O=S(=O)(Cl)c1ccc(F)c(Br)n1. The van der Waals surface area contributed by atoms with Crippen molar-refractivity contribution >= 4 is 35.7 Å². The van der Waals surface area contributed by atoms with Gasteiger partial charge in [-0.05, 0) is 28.1 Å². The van der Waals surface area contributed by atoms with E-state index in [1.54, 1.807) is 0 Å². The van der Waals surface area contributed by atoms with Gasteiger partial charge in [0.1, 0.15) is 4.60 Å². The van der Waals surface area contributed by atoms with E-state index in [9.17, 15) is 12.8 Å². The number of halogens is 3. The highest BCUT2D eigenvalue weighted by Gasteiger charge is 2.13. The molecule has 0 fully saturated rings. The lowest BCUT2D eigenvalue weighted by Crippen LogP contribution is -1.96. The molecule has 0 atom stereocenters. The quantitative estimate of drug-likeness (QED) is 0.580. The van der Waals surface area contributed by atoms with Crippen molar-refractivity contribution in [2.24, 2.45) is 0 Å². The van der Waals surface area contributed by atoms with E-state index in [0.29, 0.717) is 0 Å². The molecule has 0 radical (unpaired) electrons. The molecule has 0 aliphatic carbocycles. The van der Waals surface area contributed by atoms with E-state index in [0.717, 1.165) is 12.1 Å². The van der Waals surface area contributed by atoms with Gasteiger partial charge in [-0.1, -0.05) is 0 Å². The van der Waals surface area contributed by atoms with E-state index in [2.05, 4.69) is 20.9 Å². The molecule has 1 heterocycles. The van der Waals surface area contributed by atoms with E-state index >= 15 is 0 Å². The molecule has 0 aliphatic rings. The molecule has 0 unspecified atom stereocenters. The van der Waals surface area contributed by atoms with Crippen LogP contribution in [-0.4, -0.2) is 13.4 Å². The Morgan fingerprint density at radius 2 is 2.08 bits per heavy atom. The van der Waals surface area contributed by atoms with Gasteiger partial charge in [0.2, 0.25) is 0 Å². The minimum atomic E-state index is -3.88. The van der Waals surface area contributed by atoms with Crippen LogP contribution in [0.4, 0.5) is 4.39 Å². The maximum absolute atomic E-state index is 12.5. The van der Waals surface area contributed by atoms with Crippen molar-refractivity contribution < 1.29 is 12.8 Å². The fraction of sp³-hybridized carbons (Fsp3) is 0. The molecular formula is C5H2BrClFNO2S. The van der Waals surface area contributed by atoms with Crippen LogP contribution in [0.15, 0.2) is 21.8 Å². The number of rotatable bonds is 1. The lowest BCUT2D eigenvalue weighted by atomic mass is 10.5. The van der Waals surface area contributed by atoms with Crippen LogP contribution in [-0.2, 0) is 9.05 Å². The Morgan fingerprint density at radius 3 is 2.50 bits per heavy atom. The Kier molecular flexibility index (Phi) is 2.70. The van der Waals surface area contributed by atoms with Crippen molar-refractivity contribution in [1.82, 2.24) is 4.98 Å². The number of pyridine rings is 1. The van der Waals surface area contributed by atoms with Gasteiger partial charge in [0.15, 0.2) is 10.8 Å². The summed E-state index contributed by atoms with van der Waals surface area (Å²) >= 11 is 2.73. The normalized spacial score (nSPS) is 11.6. The van der Waals surface area contributed by atoms with Gasteiger partial charge in [-0.15, -0.1) is 0 Å². The molecule has 0 saturated heterocycles. The minimum Gasteiger partial charge on any atom is -0.225 e. The molecule has 0 bridgehead atoms. The summed E-state index contributed by atoms with van der Waals surface area (Å²) in [6.07, 6.45) is 0. The molecule has 0 spiro atoms. The fourth-order valence-electron chi connectivity index (χ4n) is 0.536. The average molecular weight is 274 g/mol. The van der Waals surface area contributed by atoms with Crippen molar-refractivity contribution in [2.45, 2.75) is 5.03 Å². The van der Waals surface area contributed by atoms with E-state index < -0.39 is 14.9 Å². The molecule has 7 heteroatoms. The Balaban J connectivity index is 3.33. The molecule has 1 rings (SSSR count). The first-order valence-corrected chi connectivity index (χ1v) is 5.78. The van der Waals surface area contributed by atoms with E-state index in [1.807, 2.05) is 0 Å². The highest BCUT2D eigenvalue weighted by molar-refractivity contribution is 9.10. The Bertz CT molecular complexity index is 408. The fourth-order valence-corrected chi connectivity index (χ4v) is 1.67. The van der Waals surface area contributed by atoms with Gasteiger partial charge < -0.3 is 0 Å². The summed E-state index contributed by atoms with van der Waals surface area (Å²) in [5, 5.41) is -0.377. The van der Waals surface area contributed by atoms with Crippen LogP contribution in [0.1, 0.15) is 0 Å². The summed E-state index contributed by atoms with van der Waals surface area (Å²) in [4.78, 5) is 3.37. The van der Waals surface area contributed by atoms with Crippen LogP contribution >= 0.6 is 26.6 Å². The summed E-state index contributed by atoms with van der Waals surface area (Å²) in [5.74, 6) is -0.640. The van der Waals surface area contributed by atoms with E-state index in [1.165, 1.54) is 0 Å². The predicted molar refractivity (Wildman–Crippen MR) is 44.9 cm³/mol. The van der Waals surface area contributed by atoms with Crippen molar-refractivity contribution in [3.05, 3.63) is 22.6 Å². The van der Waals surface area contributed by atoms with Crippen LogP contribution in [0.3, 0.4) is 0 Å². The summed E-state index contributed by atoms with van der Waals surface area (Å²) in [7, 11) is 1.07. The third-order valence-corrected chi connectivity index (χ3v) is 2.78. The average Bonchev–Trinajstić information content (AvgIpc) is 1.92. The van der Waals surface area contributed by atoms with Crippen LogP contribution in [0, 0.1) is 5.82 Å². The Labute approximate surface area is 81.1 Å². The van der Waals surface area contributed by atoms with E-state index in [4.69, 9.17) is 10.7 Å². The molecule has 0 aromatic carbocycles. The molecule has 0 aliphatic heterocycles. The summed E-state index contributed by atoms with van der Waals surface area (Å²) < 4.78 is 33.7. The second kappa shape index (κ2) is 3.27. The smallest absolute Gasteiger partial charge is 0.225 e. The molecule has 0 N–H and O–H groups in total. The van der Waals surface area contributed by atoms with Gasteiger partial charge >= 0.3 is 0 Å². The van der Waals surface area contributed by atoms with Gasteiger partial charge in [-0.25, -0.2) is 17.8 Å². The van der Waals surface area contributed by atoms with E-state index in [-0.39, 0.29) is 9.63 Å². The first-order chi connectivity index (χ1) is 5.41. The molecule has 66 valence electrons. The molecule has 0 amide bonds. The van der Waals surface area contributed by atoms with Crippen molar-refractivity contribution in [3.63, 3.8) is 0 Å². The summed E-state index contributed by atoms with van der Waals surface area (Å²) in [6.45, 7) is 0. The number of hydrogen-bond acceptors (Lipinski definition) is 3. The highest BCUT2D eigenvalue weighted by atomic mass is 79.9. The molecule has 1 aromatic heterocycles. The maximum atomic E-state index is 12.5. The predicted octanol–water partition coefficient (Wildman–Crippen LogP) is 1.91. The number of hydrogen-bond donors (Lipinski definition) is 0. The van der Waals surface area contributed by atoms with Gasteiger partial charge in [-0.2, -0.15) is 0 Å². The van der Waals surface area contributed by atoms with Gasteiger partial charge in [0.25, 0.3) is 9.05 Å². The van der Waals surface area contributed by atoms with Gasteiger partial charge in [0, 0.05) is 10.7 Å². The molecular weight excluding hydrogens is 272 g/mol. The minimum absolute atomic E-state index is 0.177. The lowest BCUT2D eigenvalue weighted by molar-refractivity contribution is 0.595. The third-order valence-electron chi connectivity index (χ3n) is 1.03. The van der Waals surface area contributed by atoms with Crippen LogP contribution in [0.5, 0.6) is 0 Å². The second-order valence-corrected chi connectivity index (χ2v) is 5.12. The first-order valence-electron chi connectivity index (χ1n) is 2.68. The van der Waals surface area contributed by atoms with Gasteiger partial charge in [-0.3, -0.25) is 0 Å². The van der Waals surface area contributed by atoms with Crippen LogP contribution < -0.4 is 0 Å². The zero-order valence-corrected chi connectivity index (χ0v) is 8.62. The number of aromatic nitrogens is 1. The van der Waals surface area contributed by atoms with Crippen molar-refractivity contribution in [2.75, 3.05) is 0 Å². The zero-order valence-electron chi connectivity index (χ0n) is 5.46. The first kappa shape index (κ1) is 9.88. The zero-order chi connectivity index (χ0) is 9.35. The summed E-state index contributed by atoms with van der Waals surface area (Å²) in [5.41, 5.74) is 0. The topological polar surface area (TPSA) is 47.0 Å². The largest absolute Gasteiger partial charge is 0.278 e. The van der Waals surface area contributed by atoms with Crippen molar-refractivity contribution in [1.29, 1.82) is 0 Å². The van der Waals surface area contributed by atoms with Crippen molar-refractivity contribution in [3.8, 4) is 0 Å². The highest BCUT2D eigenvalue weighted by Crippen LogP contribution is 2.17. The Morgan fingerprint density at radius 1 is 1.50 bits per heavy atom.